The van der Waals surface area contributed by atoms with E-state index in [0.717, 1.165) is 14.2 Å². The Hall–Kier alpha value is -1.20. The highest BCUT2D eigenvalue weighted by Crippen LogP contribution is 2.23. The minimum Gasteiger partial charge on any atom is -0.384 e. The smallest absolute Gasteiger partial charge is 0.177 e. The van der Waals surface area contributed by atoms with Gasteiger partial charge in [-0.3, -0.25) is 4.79 Å². The van der Waals surface area contributed by atoms with Crippen molar-refractivity contribution in [3.05, 3.63) is 44.7 Å². The van der Waals surface area contributed by atoms with Crippen LogP contribution in [0.15, 0.2) is 34.2 Å². The average Bonchev–Trinajstić information content (AvgIpc) is 2.65. The second-order valence-electron chi connectivity index (χ2n) is 3.29. The molecule has 0 bridgehead atoms. The van der Waals surface area contributed by atoms with Crippen LogP contribution in [0.5, 0.6) is 0 Å². The predicted octanol–water partition coefficient (Wildman–Crippen LogP) is 2.91. The van der Waals surface area contributed by atoms with Gasteiger partial charge in [-0.25, -0.2) is 4.98 Å². The van der Waals surface area contributed by atoms with Gasteiger partial charge in [0, 0.05) is 12.6 Å². The Morgan fingerprint density at radius 3 is 2.88 bits per heavy atom. The number of nitrogens with two attached hydrogens (primary N) is 1. The Balaban J connectivity index is 2.13. The number of ketones is 1. The molecule has 2 aromatic rings. The fraction of sp³-hybridized carbons (Fsp3) is 0.0909. The van der Waals surface area contributed by atoms with Crippen LogP contribution in [0.25, 0.3) is 0 Å². The van der Waals surface area contributed by atoms with Gasteiger partial charge in [0.05, 0.1) is 8.66 Å². The van der Waals surface area contributed by atoms with Gasteiger partial charge in [0.25, 0.3) is 0 Å². The molecule has 0 aliphatic carbocycles. The number of nitrogen functional groups attached to an aromatic ring is 1. The second kappa shape index (κ2) is 4.76. The number of Topliss-reactive ketones (excluding diaryl/α,β-unsaturated/α-hetero) is 1. The lowest BCUT2D eigenvalue weighted by Gasteiger charge is -1.99. The summed E-state index contributed by atoms with van der Waals surface area (Å²) in [7, 11) is 0. The zero-order chi connectivity index (χ0) is 11.5. The minimum absolute atomic E-state index is 0.0984. The molecule has 0 fully saturated rings. The number of rotatable bonds is 3. The summed E-state index contributed by atoms with van der Waals surface area (Å²) in [5.41, 5.74) is 6.44. The molecule has 3 nitrogen and oxygen atoms in total. The van der Waals surface area contributed by atoms with Crippen molar-refractivity contribution >= 4 is 38.9 Å². The van der Waals surface area contributed by atoms with Crippen LogP contribution in [0.3, 0.4) is 0 Å². The standard InChI is InChI=1S/C11H9BrN2OS/c12-10-2-1-9(16-10)8(15)5-7-3-4-14-11(13)6-7/h1-4,6H,5H2,(H2,13,14). The highest BCUT2D eigenvalue weighted by atomic mass is 79.9. The molecule has 5 heteroatoms. The van der Waals surface area contributed by atoms with Gasteiger partial charge < -0.3 is 5.73 Å². The number of thiophene rings is 1. The number of halogens is 1. The van der Waals surface area contributed by atoms with Crippen molar-refractivity contribution in [3.63, 3.8) is 0 Å². The molecule has 0 aliphatic rings. The van der Waals surface area contributed by atoms with Crippen LogP contribution in [0, 0.1) is 0 Å². The molecule has 82 valence electrons. The molecule has 0 unspecified atom stereocenters. The normalized spacial score (nSPS) is 10.3. The van der Waals surface area contributed by atoms with E-state index in [0.29, 0.717) is 12.2 Å². The molecule has 0 saturated heterocycles. The molecule has 0 atom stereocenters. The number of hydrogen-bond donors (Lipinski definition) is 1. The Labute approximate surface area is 105 Å². The summed E-state index contributed by atoms with van der Waals surface area (Å²) in [5, 5.41) is 0. The van der Waals surface area contributed by atoms with Gasteiger partial charge in [0.1, 0.15) is 5.82 Å². The Kier molecular flexibility index (Phi) is 3.36. The molecule has 2 heterocycles. The molecule has 0 spiro atoms. The second-order valence-corrected chi connectivity index (χ2v) is 5.76. The van der Waals surface area contributed by atoms with E-state index in [1.165, 1.54) is 11.3 Å². The van der Waals surface area contributed by atoms with Crippen molar-refractivity contribution in [2.75, 3.05) is 5.73 Å². The van der Waals surface area contributed by atoms with Gasteiger partial charge in [-0.1, -0.05) is 0 Å². The largest absolute Gasteiger partial charge is 0.384 e. The third-order valence-corrected chi connectivity index (χ3v) is 3.72. The fourth-order valence-electron chi connectivity index (χ4n) is 1.34. The topological polar surface area (TPSA) is 56.0 Å². The Bertz CT molecular complexity index is 524. The van der Waals surface area contributed by atoms with E-state index in [1.807, 2.05) is 12.1 Å². The van der Waals surface area contributed by atoms with E-state index in [-0.39, 0.29) is 5.78 Å². The molecule has 0 aliphatic heterocycles. The molecular weight excluding hydrogens is 288 g/mol. The Morgan fingerprint density at radius 2 is 2.25 bits per heavy atom. The van der Waals surface area contributed by atoms with Gasteiger partial charge in [-0.15, -0.1) is 11.3 Å². The van der Waals surface area contributed by atoms with Gasteiger partial charge in [-0.2, -0.15) is 0 Å². The van der Waals surface area contributed by atoms with Crippen LogP contribution in [-0.4, -0.2) is 10.8 Å². The molecule has 2 aromatic heterocycles. The third kappa shape index (κ3) is 2.68. The number of aromatic nitrogens is 1. The van der Waals surface area contributed by atoms with E-state index >= 15 is 0 Å². The first-order valence-corrected chi connectivity index (χ1v) is 6.25. The number of carbonyl (C=O) groups is 1. The maximum absolute atomic E-state index is 11.9. The van der Waals surface area contributed by atoms with Crippen molar-refractivity contribution in [1.82, 2.24) is 4.98 Å². The predicted molar refractivity (Wildman–Crippen MR) is 68.7 cm³/mol. The number of hydrogen-bond acceptors (Lipinski definition) is 4. The summed E-state index contributed by atoms with van der Waals surface area (Å²) in [4.78, 5) is 16.5. The molecule has 2 rings (SSSR count). The maximum Gasteiger partial charge on any atom is 0.177 e. The average molecular weight is 297 g/mol. The molecule has 0 radical (unpaired) electrons. The zero-order valence-corrected chi connectivity index (χ0v) is 10.7. The maximum atomic E-state index is 11.9. The first-order valence-electron chi connectivity index (χ1n) is 4.64. The number of nitrogens with zero attached hydrogens (tertiary/aromatic N) is 1. The van der Waals surface area contributed by atoms with Gasteiger partial charge >= 0.3 is 0 Å². The highest BCUT2D eigenvalue weighted by Gasteiger charge is 2.09. The first kappa shape index (κ1) is 11.3. The van der Waals surface area contributed by atoms with Gasteiger partial charge in [0.15, 0.2) is 5.78 Å². The zero-order valence-electron chi connectivity index (χ0n) is 8.31. The van der Waals surface area contributed by atoms with Crippen molar-refractivity contribution in [3.8, 4) is 0 Å². The summed E-state index contributed by atoms with van der Waals surface area (Å²) >= 11 is 4.77. The molecule has 2 N–H and O–H groups in total. The van der Waals surface area contributed by atoms with Gasteiger partial charge in [0.2, 0.25) is 0 Å². The lowest BCUT2D eigenvalue weighted by atomic mass is 10.1. The minimum atomic E-state index is 0.0984. The van der Waals surface area contributed by atoms with Crippen LogP contribution in [0.1, 0.15) is 15.2 Å². The summed E-state index contributed by atoms with van der Waals surface area (Å²) in [6.45, 7) is 0. The fourth-order valence-corrected chi connectivity index (χ4v) is 2.66. The lowest BCUT2D eigenvalue weighted by Crippen LogP contribution is -2.02. The van der Waals surface area contributed by atoms with E-state index in [4.69, 9.17) is 5.73 Å². The van der Waals surface area contributed by atoms with Crippen LogP contribution in [0.4, 0.5) is 5.82 Å². The summed E-state index contributed by atoms with van der Waals surface area (Å²) in [6, 6.07) is 7.22. The van der Waals surface area contributed by atoms with Crippen LogP contribution in [-0.2, 0) is 6.42 Å². The lowest BCUT2D eigenvalue weighted by molar-refractivity contribution is 0.0997. The molecule has 16 heavy (non-hydrogen) atoms. The molecule has 0 saturated carbocycles. The summed E-state index contributed by atoms with van der Waals surface area (Å²) in [5.74, 6) is 0.541. The Morgan fingerprint density at radius 1 is 1.44 bits per heavy atom. The van der Waals surface area contributed by atoms with E-state index in [2.05, 4.69) is 20.9 Å². The molecule has 0 aromatic carbocycles. The molecular formula is C11H9BrN2OS. The number of anilines is 1. The summed E-state index contributed by atoms with van der Waals surface area (Å²) in [6.07, 6.45) is 1.97. The first-order chi connectivity index (χ1) is 7.65. The SMILES string of the molecule is Nc1cc(CC(=O)c2ccc(Br)s2)ccn1. The quantitative estimate of drug-likeness (QED) is 0.886. The number of carbonyl (C=O) groups excluding carboxylic acids is 1. The van der Waals surface area contributed by atoms with E-state index in [9.17, 15) is 4.79 Å². The van der Waals surface area contributed by atoms with Crippen molar-refractivity contribution < 1.29 is 4.79 Å². The van der Waals surface area contributed by atoms with Crippen LogP contribution >= 0.6 is 27.3 Å². The van der Waals surface area contributed by atoms with Crippen molar-refractivity contribution in [2.45, 2.75) is 6.42 Å². The summed E-state index contributed by atoms with van der Waals surface area (Å²) < 4.78 is 0.963. The number of pyridine rings is 1. The third-order valence-electron chi connectivity index (χ3n) is 2.06. The van der Waals surface area contributed by atoms with Crippen LogP contribution in [0.2, 0.25) is 0 Å². The highest BCUT2D eigenvalue weighted by molar-refractivity contribution is 9.11. The molecule has 0 amide bonds. The van der Waals surface area contributed by atoms with E-state index in [1.54, 1.807) is 18.3 Å². The van der Waals surface area contributed by atoms with Gasteiger partial charge in [-0.05, 0) is 45.8 Å². The van der Waals surface area contributed by atoms with Crippen molar-refractivity contribution in [2.24, 2.45) is 0 Å². The van der Waals surface area contributed by atoms with Crippen LogP contribution < -0.4 is 5.73 Å². The van der Waals surface area contributed by atoms with Crippen molar-refractivity contribution in [1.29, 1.82) is 0 Å². The monoisotopic (exact) mass is 296 g/mol. The van der Waals surface area contributed by atoms with E-state index < -0.39 is 0 Å².